The van der Waals surface area contributed by atoms with Crippen molar-refractivity contribution in [2.75, 3.05) is 19.8 Å². The van der Waals surface area contributed by atoms with Crippen LogP contribution in [0.1, 0.15) is 82.4 Å². The van der Waals surface area contributed by atoms with E-state index >= 15 is 0 Å². The Kier molecular flexibility index (Phi) is 8.91. The van der Waals surface area contributed by atoms with E-state index in [0.29, 0.717) is 12.3 Å². The van der Waals surface area contributed by atoms with Gasteiger partial charge in [-0.1, -0.05) is 62.6 Å². The molecule has 4 rings (SSSR count). The average Bonchev–Trinajstić information content (AvgIpc) is 2.90. The lowest BCUT2D eigenvalue weighted by Gasteiger charge is -2.22. The summed E-state index contributed by atoms with van der Waals surface area (Å²) in [5, 5.41) is 12.1. The maximum atomic E-state index is 12.1. The summed E-state index contributed by atoms with van der Waals surface area (Å²) in [6.07, 6.45) is 8.13. The van der Waals surface area contributed by atoms with Gasteiger partial charge in [-0.3, -0.25) is 4.79 Å². The molecule has 1 aliphatic carbocycles. The summed E-state index contributed by atoms with van der Waals surface area (Å²) in [6.45, 7) is 8.23. The maximum absolute atomic E-state index is 12.1. The Morgan fingerprint density at radius 2 is 1.70 bits per heavy atom. The van der Waals surface area contributed by atoms with Gasteiger partial charge in [0, 0.05) is 6.61 Å². The number of fused-ring (bicyclic) bond motifs is 1. The number of aryl methyl sites for hydroxylation is 1. The number of carbonyl (C=O) groups is 1. The van der Waals surface area contributed by atoms with Crippen LogP contribution < -0.4 is 4.74 Å². The smallest absolute Gasteiger partial charge is 0.311 e. The second-order valence-corrected chi connectivity index (χ2v) is 11.3. The van der Waals surface area contributed by atoms with Gasteiger partial charge in [-0.25, -0.2) is 0 Å². The molecule has 1 saturated carbocycles. The van der Waals surface area contributed by atoms with Crippen molar-refractivity contribution in [1.82, 2.24) is 0 Å². The van der Waals surface area contributed by atoms with Crippen molar-refractivity contribution in [1.29, 1.82) is 0 Å². The molecule has 4 heteroatoms. The van der Waals surface area contributed by atoms with Crippen LogP contribution in [0.4, 0.5) is 0 Å². The van der Waals surface area contributed by atoms with Crippen molar-refractivity contribution in [2.45, 2.75) is 78.6 Å². The van der Waals surface area contributed by atoms with E-state index in [-0.39, 0.29) is 25.8 Å². The van der Waals surface area contributed by atoms with Gasteiger partial charge in [-0.15, -0.1) is 0 Å². The summed E-state index contributed by atoms with van der Waals surface area (Å²) in [5.41, 5.74) is 5.51. The summed E-state index contributed by atoms with van der Waals surface area (Å²) < 4.78 is 11.4. The topological polar surface area (TPSA) is 55.8 Å². The van der Waals surface area contributed by atoms with Crippen LogP contribution in [0.15, 0.2) is 48.5 Å². The van der Waals surface area contributed by atoms with Gasteiger partial charge in [-0.2, -0.15) is 0 Å². The number of aliphatic hydroxyl groups is 1. The first-order valence-electron chi connectivity index (χ1n) is 13.9. The van der Waals surface area contributed by atoms with Gasteiger partial charge < -0.3 is 14.6 Å². The van der Waals surface area contributed by atoms with Crippen LogP contribution in [-0.2, 0) is 22.4 Å². The van der Waals surface area contributed by atoms with Crippen molar-refractivity contribution >= 4 is 16.7 Å². The molecule has 0 bridgehead atoms. The largest absolute Gasteiger partial charge is 0.490 e. The highest BCUT2D eigenvalue weighted by molar-refractivity contribution is 5.90. The SMILES string of the molecule is CCc1cc2cc(C3CCCCC3)ccc2cc1-c1ccc(CCO)c(OCCOC(=O)C(C)(C)C)c1. The number of esters is 1. The number of hydrogen-bond donors (Lipinski definition) is 1. The number of benzene rings is 3. The molecule has 0 amide bonds. The minimum atomic E-state index is -0.536. The van der Waals surface area contributed by atoms with Gasteiger partial charge in [0.15, 0.2) is 0 Å². The molecule has 0 unspecified atom stereocenters. The third kappa shape index (κ3) is 6.73. The van der Waals surface area contributed by atoms with E-state index in [2.05, 4.69) is 49.4 Å². The first kappa shape index (κ1) is 27.2. The van der Waals surface area contributed by atoms with Crippen LogP contribution >= 0.6 is 0 Å². The highest BCUT2D eigenvalue weighted by Gasteiger charge is 2.23. The Bertz CT molecular complexity index is 1210. The summed E-state index contributed by atoms with van der Waals surface area (Å²) in [7, 11) is 0. The van der Waals surface area contributed by atoms with E-state index in [1.54, 1.807) is 0 Å². The predicted octanol–water partition coefficient (Wildman–Crippen LogP) is 7.62. The van der Waals surface area contributed by atoms with Gasteiger partial charge >= 0.3 is 5.97 Å². The van der Waals surface area contributed by atoms with Crippen LogP contribution in [0.3, 0.4) is 0 Å². The Morgan fingerprint density at radius 1 is 0.919 bits per heavy atom. The predicted molar refractivity (Wildman–Crippen MR) is 151 cm³/mol. The van der Waals surface area contributed by atoms with Crippen molar-refractivity contribution in [3.05, 3.63) is 65.2 Å². The van der Waals surface area contributed by atoms with Crippen molar-refractivity contribution in [3.63, 3.8) is 0 Å². The zero-order valence-corrected chi connectivity index (χ0v) is 22.9. The number of ether oxygens (including phenoxy) is 2. The zero-order chi connectivity index (χ0) is 26.4. The quantitative estimate of drug-likeness (QED) is 0.241. The molecule has 198 valence electrons. The lowest BCUT2D eigenvalue weighted by atomic mass is 9.83. The Labute approximate surface area is 222 Å². The van der Waals surface area contributed by atoms with Crippen LogP contribution in [0.5, 0.6) is 5.75 Å². The molecule has 0 radical (unpaired) electrons. The molecule has 3 aromatic carbocycles. The van der Waals surface area contributed by atoms with Crippen LogP contribution in [0, 0.1) is 5.41 Å². The standard InChI is InChI=1S/C33H42O4/c1-5-23-19-29-20-26(24-9-7-6-8-10-24)12-13-27(29)21-30(23)28-14-11-25(15-16-34)31(22-28)36-17-18-37-32(35)33(2,3)4/h11-14,19-22,24,34H,5-10,15-18H2,1-4H3. The molecule has 4 nitrogen and oxygen atoms in total. The van der Waals surface area contributed by atoms with Gasteiger partial charge in [0.1, 0.15) is 19.0 Å². The van der Waals surface area contributed by atoms with Crippen LogP contribution in [0.25, 0.3) is 21.9 Å². The fraction of sp³-hybridized carbons (Fsp3) is 0.485. The molecule has 0 atom stereocenters. The Hall–Kier alpha value is -2.85. The summed E-state index contributed by atoms with van der Waals surface area (Å²) in [6, 6.07) is 17.9. The average molecular weight is 503 g/mol. The first-order chi connectivity index (χ1) is 17.8. The van der Waals surface area contributed by atoms with E-state index in [1.165, 1.54) is 59.6 Å². The minimum Gasteiger partial charge on any atom is -0.490 e. The van der Waals surface area contributed by atoms with E-state index in [9.17, 15) is 9.90 Å². The lowest BCUT2D eigenvalue weighted by Crippen LogP contribution is -2.25. The van der Waals surface area contributed by atoms with Crippen molar-refractivity contribution in [2.24, 2.45) is 5.41 Å². The fourth-order valence-corrected chi connectivity index (χ4v) is 5.30. The van der Waals surface area contributed by atoms with E-state index < -0.39 is 5.41 Å². The van der Waals surface area contributed by atoms with Gasteiger partial charge in [0.2, 0.25) is 0 Å². The number of carbonyl (C=O) groups excluding carboxylic acids is 1. The second-order valence-electron chi connectivity index (χ2n) is 11.3. The minimum absolute atomic E-state index is 0.0498. The summed E-state index contributed by atoms with van der Waals surface area (Å²) in [5.74, 6) is 1.19. The van der Waals surface area contributed by atoms with Crippen LogP contribution in [-0.4, -0.2) is 30.9 Å². The second kappa shape index (κ2) is 12.1. The van der Waals surface area contributed by atoms with Gasteiger partial charge in [0.05, 0.1) is 5.41 Å². The molecule has 37 heavy (non-hydrogen) atoms. The molecule has 1 fully saturated rings. The third-order valence-electron chi connectivity index (χ3n) is 7.49. The number of rotatable bonds is 9. The molecule has 1 aliphatic rings. The number of aliphatic hydroxyl groups excluding tert-OH is 1. The molecule has 0 spiro atoms. The normalized spacial score (nSPS) is 14.6. The highest BCUT2D eigenvalue weighted by Crippen LogP contribution is 2.37. The molecule has 0 saturated heterocycles. The Morgan fingerprint density at radius 3 is 2.41 bits per heavy atom. The summed E-state index contributed by atoms with van der Waals surface area (Å²) in [4.78, 5) is 12.1. The highest BCUT2D eigenvalue weighted by atomic mass is 16.6. The number of hydrogen-bond acceptors (Lipinski definition) is 4. The molecular formula is C33H42O4. The Balaban J connectivity index is 1.59. The lowest BCUT2D eigenvalue weighted by molar-refractivity contribution is -0.153. The summed E-state index contributed by atoms with van der Waals surface area (Å²) >= 11 is 0. The van der Waals surface area contributed by atoms with E-state index in [1.807, 2.05) is 26.8 Å². The zero-order valence-electron chi connectivity index (χ0n) is 22.9. The van der Waals surface area contributed by atoms with Crippen LogP contribution in [0.2, 0.25) is 0 Å². The van der Waals surface area contributed by atoms with E-state index in [0.717, 1.165) is 23.3 Å². The van der Waals surface area contributed by atoms with Crippen molar-refractivity contribution in [3.8, 4) is 16.9 Å². The van der Waals surface area contributed by atoms with E-state index in [4.69, 9.17) is 9.47 Å². The van der Waals surface area contributed by atoms with Gasteiger partial charge in [0.25, 0.3) is 0 Å². The molecule has 0 aliphatic heterocycles. The monoisotopic (exact) mass is 502 g/mol. The molecule has 3 aromatic rings. The molecule has 0 heterocycles. The molecular weight excluding hydrogens is 460 g/mol. The first-order valence-corrected chi connectivity index (χ1v) is 13.9. The molecule has 0 aromatic heterocycles. The fourth-order valence-electron chi connectivity index (χ4n) is 5.30. The van der Waals surface area contributed by atoms with Gasteiger partial charge in [-0.05, 0) is 103 Å². The van der Waals surface area contributed by atoms with Crippen molar-refractivity contribution < 1.29 is 19.4 Å². The molecule has 1 N–H and O–H groups in total. The third-order valence-corrected chi connectivity index (χ3v) is 7.49. The maximum Gasteiger partial charge on any atom is 0.311 e.